The average Bonchev–Trinajstić information content (AvgIpc) is 3.21. The highest BCUT2D eigenvalue weighted by Crippen LogP contribution is 2.36. The van der Waals surface area contributed by atoms with E-state index in [0.29, 0.717) is 27.7 Å². The van der Waals surface area contributed by atoms with Gasteiger partial charge in [0.2, 0.25) is 5.95 Å². The zero-order chi connectivity index (χ0) is 23.9. The number of benzene rings is 2. The summed E-state index contributed by atoms with van der Waals surface area (Å²) in [6.07, 6.45) is 6.98. The standard InChI is InChI=1S/C25H26ClN5O2S/c1-25(27)13-7-8-17(14-25)29-24-28-15-21(26)23(30-24)20-16-31(22-12-6-5-11-19(20)22)34(32,33)18-9-3-2-4-10-18/h2-6,9-12,15-17H,7-8,13-14,27H2,1H3,(H,28,29,30)/t17?,25-/m0/s1. The third kappa shape index (κ3) is 4.29. The maximum absolute atomic E-state index is 13.4. The van der Waals surface area contributed by atoms with E-state index in [1.54, 1.807) is 48.8 Å². The lowest BCUT2D eigenvalue weighted by Crippen LogP contribution is -2.45. The van der Waals surface area contributed by atoms with Crippen LogP contribution in [0.15, 0.2) is 71.9 Å². The van der Waals surface area contributed by atoms with Crippen LogP contribution < -0.4 is 11.1 Å². The lowest BCUT2D eigenvalue weighted by molar-refractivity contribution is 0.302. The molecule has 34 heavy (non-hydrogen) atoms. The quantitative estimate of drug-likeness (QED) is 0.401. The van der Waals surface area contributed by atoms with Gasteiger partial charge in [-0.1, -0.05) is 48.0 Å². The van der Waals surface area contributed by atoms with Gasteiger partial charge in [-0.25, -0.2) is 22.4 Å². The van der Waals surface area contributed by atoms with Gasteiger partial charge in [0.15, 0.2) is 0 Å². The van der Waals surface area contributed by atoms with Crippen LogP contribution in [0.2, 0.25) is 5.02 Å². The van der Waals surface area contributed by atoms with Crippen molar-refractivity contribution in [1.29, 1.82) is 0 Å². The van der Waals surface area contributed by atoms with Crippen molar-refractivity contribution < 1.29 is 8.42 Å². The van der Waals surface area contributed by atoms with Crippen LogP contribution in [0.25, 0.3) is 22.2 Å². The molecular formula is C25H26ClN5O2S. The van der Waals surface area contributed by atoms with Gasteiger partial charge in [-0.05, 0) is 50.8 Å². The van der Waals surface area contributed by atoms with Crippen molar-refractivity contribution in [2.75, 3.05) is 5.32 Å². The van der Waals surface area contributed by atoms with Crippen LogP contribution in [0.1, 0.15) is 32.6 Å². The SMILES string of the molecule is C[C@]1(N)CCCC(Nc2ncc(Cl)c(-c3cn(S(=O)(=O)c4ccccc4)c4ccccc34)n2)C1. The summed E-state index contributed by atoms with van der Waals surface area (Å²) in [6, 6.07) is 15.8. The zero-order valence-corrected chi connectivity index (χ0v) is 20.4. The fraction of sp³-hybridized carbons (Fsp3) is 0.280. The first kappa shape index (κ1) is 22.8. The summed E-state index contributed by atoms with van der Waals surface area (Å²) in [6.45, 7) is 2.07. The Labute approximate surface area is 204 Å². The average molecular weight is 496 g/mol. The highest BCUT2D eigenvalue weighted by molar-refractivity contribution is 7.90. The van der Waals surface area contributed by atoms with E-state index >= 15 is 0 Å². The van der Waals surface area contributed by atoms with Crippen LogP contribution in [-0.2, 0) is 10.0 Å². The van der Waals surface area contributed by atoms with E-state index in [1.807, 2.05) is 18.2 Å². The minimum atomic E-state index is -3.81. The monoisotopic (exact) mass is 495 g/mol. The molecule has 7 nitrogen and oxygen atoms in total. The zero-order valence-electron chi connectivity index (χ0n) is 18.8. The normalized spacial score (nSPS) is 21.0. The fourth-order valence-electron chi connectivity index (χ4n) is 4.69. The smallest absolute Gasteiger partial charge is 0.268 e. The summed E-state index contributed by atoms with van der Waals surface area (Å²) in [5.74, 6) is 0.449. The highest BCUT2D eigenvalue weighted by Gasteiger charge is 2.29. The van der Waals surface area contributed by atoms with Crippen LogP contribution in [-0.4, -0.2) is 33.9 Å². The van der Waals surface area contributed by atoms with Crippen molar-refractivity contribution in [3.63, 3.8) is 0 Å². The second-order valence-electron chi connectivity index (χ2n) is 9.16. The summed E-state index contributed by atoms with van der Waals surface area (Å²) in [5, 5.41) is 4.48. The number of halogens is 1. The molecule has 0 saturated heterocycles. The van der Waals surface area contributed by atoms with Crippen molar-refractivity contribution in [2.24, 2.45) is 5.73 Å². The summed E-state index contributed by atoms with van der Waals surface area (Å²) < 4.78 is 28.2. The van der Waals surface area contributed by atoms with Crippen LogP contribution in [0.4, 0.5) is 5.95 Å². The van der Waals surface area contributed by atoms with E-state index in [2.05, 4.69) is 17.2 Å². The molecule has 1 unspecified atom stereocenters. The van der Waals surface area contributed by atoms with Gasteiger partial charge in [-0.3, -0.25) is 0 Å². The first-order chi connectivity index (χ1) is 16.2. The number of fused-ring (bicyclic) bond motifs is 1. The van der Waals surface area contributed by atoms with Crippen molar-refractivity contribution in [3.8, 4) is 11.3 Å². The Hall–Kier alpha value is -2.94. The van der Waals surface area contributed by atoms with Gasteiger partial charge in [0.25, 0.3) is 10.0 Å². The van der Waals surface area contributed by atoms with Crippen molar-refractivity contribution in [1.82, 2.24) is 13.9 Å². The molecule has 9 heteroatoms. The van der Waals surface area contributed by atoms with E-state index < -0.39 is 10.0 Å². The third-order valence-electron chi connectivity index (χ3n) is 6.32. The number of nitrogens with two attached hydrogens (primary N) is 1. The fourth-order valence-corrected chi connectivity index (χ4v) is 6.28. The molecular weight excluding hydrogens is 470 g/mol. The molecule has 2 atom stereocenters. The molecule has 2 aromatic carbocycles. The van der Waals surface area contributed by atoms with Gasteiger partial charge in [0.1, 0.15) is 0 Å². The molecule has 1 aliphatic rings. The second kappa shape index (κ2) is 8.69. The summed E-state index contributed by atoms with van der Waals surface area (Å²) in [7, 11) is -3.81. The Morgan fingerprint density at radius 2 is 1.88 bits per heavy atom. The Kier molecular flexibility index (Phi) is 5.83. The summed E-state index contributed by atoms with van der Waals surface area (Å²) in [5.41, 5.74) is 7.79. The van der Waals surface area contributed by atoms with Crippen molar-refractivity contribution >= 4 is 38.5 Å². The van der Waals surface area contributed by atoms with Crippen molar-refractivity contribution in [2.45, 2.75) is 49.1 Å². The molecule has 1 fully saturated rings. The number of rotatable bonds is 5. The molecule has 2 heterocycles. The predicted molar refractivity (Wildman–Crippen MR) is 135 cm³/mol. The number of hydrogen-bond acceptors (Lipinski definition) is 6. The van der Waals surface area contributed by atoms with E-state index in [9.17, 15) is 8.42 Å². The molecule has 0 bridgehead atoms. The lowest BCUT2D eigenvalue weighted by atomic mass is 9.81. The molecule has 176 valence electrons. The Morgan fingerprint density at radius 3 is 2.65 bits per heavy atom. The van der Waals surface area contributed by atoms with E-state index in [0.717, 1.165) is 31.1 Å². The lowest BCUT2D eigenvalue weighted by Gasteiger charge is -2.35. The van der Waals surface area contributed by atoms with Gasteiger partial charge < -0.3 is 11.1 Å². The minimum absolute atomic E-state index is 0.164. The number of nitrogens with one attached hydrogen (secondary N) is 1. The number of anilines is 1. The van der Waals surface area contributed by atoms with Crippen molar-refractivity contribution in [3.05, 3.63) is 72.0 Å². The Bertz CT molecular complexity index is 1450. The molecule has 2 aromatic heterocycles. The second-order valence-corrected chi connectivity index (χ2v) is 11.4. The maximum Gasteiger partial charge on any atom is 0.268 e. The van der Waals surface area contributed by atoms with Crippen LogP contribution in [0.5, 0.6) is 0 Å². The highest BCUT2D eigenvalue weighted by atomic mass is 35.5. The number of nitrogens with zero attached hydrogens (tertiary/aromatic N) is 3. The topological polar surface area (TPSA) is 103 Å². The third-order valence-corrected chi connectivity index (χ3v) is 8.29. The predicted octanol–water partition coefficient (Wildman–Crippen LogP) is 5.06. The largest absolute Gasteiger partial charge is 0.351 e. The first-order valence-corrected chi connectivity index (χ1v) is 13.1. The Balaban J connectivity index is 1.58. The number of para-hydroxylation sites is 1. The van der Waals surface area contributed by atoms with Gasteiger partial charge in [-0.2, -0.15) is 0 Å². The van der Waals surface area contributed by atoms with E-state index in [1.165, 1.54) is 3.97 Å². The van der Waals surface area contributed by atoms with Gasteiger partial charge in [0.05, 0.1) is 27.3 Å². The summed E-state index contributed by atoms with van der Waals surface area (Å²) in [4.78, 5) is 9.28. The number of hydrogen-bond donors (Lipinski definition) is 2. The summed E-state index contributed by atoms with van der Waals surface area (Å²) >= 11 is 6.53. The molecule has 1 saturated carbocycles. The molecule has 0 aliphatic heterocycles. The van der Waals surface area contributed by atoms with Crippen LogP contribution in [0.3, 0.4) is 0 Å². The number of aromatic nitrogens is 3. The van der Waals surface area contributed by atoms with Gasteiger partial charge in [-0.15, -0.1) is 0 Å². The molecule has 5 rings (SSSR count). The molecule has 0 amide bonds. The first-order valence-electron chi connectivity index (χ1n) is 11.2. The Morgan fingerprint density at radius 1 is 1.15 bits per heavy atom. The molecule has 3 N–H and O–H groups in total. The van der Waals surface area contributed by atoms with E-state index in [-0.39, 0.29) is 16.5 Å². The van der Waals surface area contributed by atoms with Gasteiger partial charge in [0, 0.05) is 28.7 Å². The van der Waals surface area contributed by atoms with Gasteiger partial charge >= 0.3 is 0 Å². The van der Waals surface area contributed by atoms with Crippen LogP contribution in [0, 0.1) is 0 Å². The molecule has 0 spiro atoms. The van der Waals surface area contributed by atoms with E-state index in [4.69, 9.17) is 22.3 Å². The molecule has 0 radical (unpaired) electrons. The maximum atomic E-state index is 13.4. The van der Waals surface area contributed by atoms with Crippen LogP contribution >= 0.6 is 11.6 Å². The minimum Gasteiger partial charge on any atom is -0.351 e. The molecule has 1 aliphatic carbocycles. The molecule has 4 aromatic rings.